The number of amides is 3. The molecule has 0 aliphatic carbocycles. The first-order chi connectivity index (χ1) is 13.9. The number of anilines is 2. The van der Waals surface area contributed by atoms with E-state index in [-0.39, 0.29) is 18.0 Å². The summed E-state index contributed by atoms with van der Waals surface area (Å²) in [6.07, 6.45) is 1.71. The number of carbonyl (C=O) groups is 2. The van der Waals surface area contributed by atoms with Crippen LogP contribution in [0.4, 0.5) is 16.2 Å². The molecule has 2 N–H and O–H groups in total. The number of halogens is 1. The summed E-state index contributed by atoms with van der Waals surface area (Å²) in [5.74, 6) is 1.24. The molecule has 29 heavy (non-hydrogen) atoms. The highest BCUT2D eigenvalue weighted by atomic mass is 35.5. The third-order valence-electron chi connectivity index (χ3n) is 4.84. The minimum Gasteiger partial charge on any atom is -0.497 e. The van der Waals surface area contributed by atoms with Gasteiger partial charge in [0.2, 0.25) is 5.91 Å². The molecule has 1 aliphatic heterocycles. The molecule has 2 aromatic rings. The molecule has 1 atom stereocenters. The van der Waals surface area contributed by atoms with Crippen molar-refractivity contribution in [3.05, 3.63) is 47.0 Å². The average molecular weight is 418 g/mol. The summed E-state index contributed by atoms with van der Waals surface area (Å²) in [6.45, 7) is 2.04. The Morgan fingerprint density at radius 3 is 2.55 bits per heavy atom. The molecule has 0 bridgehead atoms. The molecule has 154 valence electrons. The second-order valence-electron chi connectivity index (χ2n) is 6.77. The monoisotopic (exact) mass is 417 g/mol. The van der Waals surface area contributed by atoms with Crippen molar-refractivity contribution in [1.82, 2.24) is 4.90 Å². The maximum atomic E-state index is 13.0. The van der Waals surface area contributed by atoms with Crippen LogP contribution in [0.15, 0.2) is 36.4 Å². The van der Waals surface area contributed by atoms with Gasteiger partial charge in [-0.2, -0.15) is 0 Å². The Morgan fingerprint density at radius 2 is 1.90 bits per heavy atom. The smallest absolute Gasteiger partial charge is 0.322 e. The van der Waals surface area contributed by atoms with Crippen LogP contribution < -0.4 is 20.1 Å². The van der Waals surface area contributed by atoms with Gasteiger partial charge in [0.15, 0.2) is 0 Å². The van der Waals surface area contributed by atoms with Crippen LogP contribution in [0, 0.1) is 0 Å². The topological polar surface area (TPSA) is 79.9 Å². The number of ether oxygens (including phenoxy) is 2. The summed E-state index contributed by atoms with van der Waals surface area (Å²) >= 11 is 6.28. The summed E-state index contributed by atoms with van der Waals surface area (Å²) in [4.78, 5) is 25.9. The molecular weight excluding hydrogens is 394 g/mol. The average Bonchev–Trinajstić information content (AvgIpc) is 3.19. The minimum absolute atomic E-state index is 0.127. The van der Waals surface area contributed by atoms with E-state index in [2.05, 4.69) is 10.6 Å². The van der Waals surface area contributed by atoms with Gasteiger partial charge in [-0.1, -0.05) is 11.6 Å². The number of urea groups is 1. The number of nitrogens with zero attached hydrogens (tertiary/aromatic N) is 1. The first-order valence-electron chi connectivity index (χ1n) is 9.29. The van der Waals surface area contributed by atoms with Crippen molar-refractivity contribution < 1.29 is 19.1 Å². The Bertz CT molecular complexity index is 919. The first-order valence-corrected chi connectivity index (χ1v) is 9.67. The first kappa shape index (κ1) is 20.8. The zero-order valence-corrected chi connectivity index (χ0v) is 17.4. The highest BCUT2D eigenvalue weighted by Gasteiger charge is 2.32. The summed E-state index contributed by atoms with van der Waals surface area (Å²) < 4.78 is 10.8. The second kappa shape index (κ2) is 9.05. The SMILES string of the molecule is COc1ccc(OC)c(C2CCCN2C(=O)Nc2ccc(NC(C)=O)cc2Cl)c1. The number of nitrogens with one attached hydrogen (secondary N) is 2. The lowest BCUT2D eigenvalue weighted by atomic mass is 10.0. The number of carbonyl (C=O) groups excluding carboxylic acids is 2. The van der Waals surface area contributed by atoms with Crippen LogP contribution in [-0.2, 0) is 4.79 Å². The predicted molar refractivity (Wildman–Crippen MR) is 113 cm³/mol. The van der Waals surface area contributed by atoms with E-state index in [4.69, 9.17) is 21.1 Å². The van der Waals surface area contributed by atoms with E-state index >= 15 is 0 Å². The van der Waals surface area contributed by atoms with E-state index < -0.39 is 0 Å². The van der Waals surface area contributed by atoms with Gasteiger partial charge in [0.1, 0.15) is 11.5 Å². The van der Waals surface area contributed by atoms with Crippen LogP contribution in [0.1, 0.15) is 31.4 Å². The van der Waals surface area contributed by atoms with Crippen molar-refractivity contribution in [3.8, 4) is 11.5 Å². The fraction of sp³-hybridized carbons (Fsp3) is 0.333. The number of methoxy groups -OCH3 is 2. The predicted octanol–water partition coefficient (Wildman–Crippen LogP) is 4.68. The van der Waals surface area contributed by atoms with Gasteiger partial charge < -0.3 is 25.0 Å². The van der Waals surface area contributed by atoms with Gasteiger partial charge in [0.05, 0.1) is 31.0 Å². The summed E-state index contributed by atoms with van der Waals surface area (Å²) in [5.41, 5.74) is 1.96. The van der Waals surface area contributed by atoms with Crippen molar-refractivity contribution >= 4 is 34.9 Å². The summed E-state index contributed by atoms with van der Waals surface area (Å²) in [6, 6.07) is 10.2. The normalized spacial score (nSPS) is 15.7. The van der Waals surface area contributed by atoms with Crippen molar-refractivity contribution in [2.24, 2.45) is 0 Å². The minimum atomic E-state index is -0.244. The molecule has 0 spiro atoms. The molecule has 0 saturated carbocycles. The number of likely N-dealkylation sites (tertiary alicyclic amines) is 1. The van der Waals surface area contributed by atoms with Crippen LogP contribution in [0.25, 0.3) is 0 Å². The van der Waals surface area contributed by atoms with Crippen LogP contribution in [0.5, 0.6) is 11.5 Å². The van der Waals surface area contributed by atoms with Crippen LogP contribution in [-0.4, -0.2) is 37.6 Å². The number of hydrogen-bond acceptors (Lipinski definition) is 4. The van der Waals surface area contributed by atoms with Gasteiger partial charge in [-0.3, -0.25) is 4.79 Å². The lowest BCUT2D eigenvalue weighted by Crippen LogP contribution is -2.34. The Hall–Kier alpha value is -2.93. The van der Waals surface area contributed by atoms with E-state index in [1.807, 2.05) is 18.2 Å². The van der Waals surface area contributed by atoms with Gasteiger partial charge in [-0.15, -0.1) is 0 Å². The standard InChI is InChI=1S/C21H24ClN3O4/c1-13(26)23-14-6-8-18(17(22)11-14)24-21(27)25-10-4-5-19(25)16-12-15(28-2)7-9-20(16)29-3/h6-9,11-12,19H,4-5,10H2,1-3H3,(H,23,26)(H,24,27). The molecule has 0 aromatic heterocycles. The molecule has 8 heteroatoms. The van der Waals surface area contributed by atoms with E-state index in [0.29, 0.717) is 34.4 Å². The van der Waals surface area contributed by atoms with Gasteiger partial charge in [0.25, 0.3) is 0 Å². The molecule has 7 nitrogen and oxygen atoms in total. The van der Waals surface area contributed by atoms with Crippen molar-refractivity contribution in [3.63, 3.8) is 0 Å². The van der Waals surface area contributed by atoms with Crippen LogP contribution >= 0.6 is 11.6 Å². The molecule has 3 rings (SSSR count). The highest BCUT2D eigenvalue weighted by Crippen LogP contribution is 2.39. The fourth-order valence-electron chi connectivity index (χ4n) is 3.52. The number of hydrogen-bond donors (Lipinski definition) is 2. The lowest BCUT2D eigenvalue weighted by Gasteiger charge is -2.27. The number of benzene rings is 2. The molecule has 0 radical (unpaired) electrons. The Kier molecular flexibility index (Phi) is 6.49. The van der Waals surface area contributed by atoms with E-state index in [1.165, 1.54) is 6.92 Å². The van der Waals surface area contributed by atoms with Gasteiger partial charge >= 0.3 is 6.03 Å². The van der Waals surface area contributed by atoms with E-state index in [0.717, 1.165) is 18.4 Å². The number of rotatable bonds is 5. The molecule has 1 unspecified atom stereocenters. The Balaban J connectivity index is 1.80. The molecular formula is C21H24ClN3O4. The van der Waals surface area contributed by atoms with Gasteiger partial charge in [-0.05, 0) is 49.2 Å². The molecule has 3 amide bonds. The van der Waals surface area contributed by atoms with Crippen molar-refractivity contribution in [1.29, 1.82) is 0 Å². The van der Waals surface area contributed by atoms with Crippen molar-refractivity contribution in [2.45, 2.75) is 25.8 Å². The Labute approximate surface area is 174 Å². The van der Waals surface area contributed by atoms with Crippen LogP contribution in [0.2, 0.25) is 5.02 Å². The zero-order chi connectivity index (χ0) is 21.0. The highest BCUT2D eigenvalue weighted by molar-refractivity contribution is 6.34. The Morgan fingerprint density at radius 1 is 1.10 bits per heavy atom. The third-order valence-corrected chi connectivity index (χ3v) is 5.15. The molecule has 2 aromatic carbocycles. The molecule has 1 heterocycles. The van der Waals surface area contributed by atoms with Gasteiger partial charge in [-0.25, -0.2) is 4.79 Å². The van der Waals surface area contributed by atoms with E-state index in [1.54, 1.807) is 37.3 Å². The lowest BCUT2D eigenvalue weighted by molar-refractivity contribution is -0.114. The maximum absolute atomic E-state index is 13.0. The fourth-order valence-corrected chi connectivity index (χ4v) is 3.75. The molecule has 1 aliphatic rings. The largest absolute Gasteiger partial charge is 0.497 e. The molecule has 1 fully saturated rings. The van der Waals surface area contributed by atoms with E-state index in [9.17, 15) is 9.59 Å². The third kappa shape index (κ3) is 4.74. The summed E-state index contributed by atoms with van der Waals surface area (Å²) in [7, 11) is 3.22. The second-order valence-corrected chi connectivity index (χ2v) is 7.17. The van der Waals surface area contributed by atoms with Crippen molar-refractivity contribution in [2.75, 3.05) is 31.4 Å². The maximum Gasteiger partial charge on any atom is 0.322 e. The quantitative estimate of drug-likeness (QED) is 0.739. The molecule has 1 saturated heterocycles. The van der Waals surface area contributed by atoms with Crippen LogP contribution in [0.3, 0.4) is 0 Å². The summed E-state index contributed by atoms with van der Waals surface area (Å²) in [5, 5.41) is 5.88. The van der Waals surface area contributed by atoms with Gasteiger partial charge in [0, 0.05) is 24.7 Å². The zero-order valence-electron chi connectivity index (χ0n) is 16.6.